The highest BCUT2D eigenvalue weighted by molar-refractivity contribution is 5.88. The molecule has 0 radical (unpaired) electrons. The minimum atomic E-state index is 0.778. The molecule has 0 amide bonds. The number of fused-ring (bicyclic) bond motifs is 3. The van der Waals surface area contributed by atoms with Gasteiger partial charge in [-0.25, -0.2) is 0 Å². The van der Waals surface area contributed by atoms with Crippen molar-refractivity contribution in [1.29, 1.82) is 0 Å². The zero-order chi connectivity index (χ0) is 14.7. The molecule has 1 aliphatic rings. The number of benzene rings is 2. The van der Waals surface area contributed by atoms with Gasteiger partial charge in [0.05, 0.1) is 26.3 Å². The van der Waals surface area contributed by atoms with Crippen LogP contribution in [0.5, 0.6) is 0 Å². The van der Waals surface area contributed by atoms with E-state index >= 15 is 0 Å². The molecule has 0 bridgehead atoms. The summed E-state index contributed by atoms with van der Waals surface area (Å²) in [5.41, 5.74) is 4.38. The molecule has 0 atom stereocenters. The smallest absolute Gasteiger partial charge is 0.103 e. The molecule has 0 unspecified atom stereocenters. The van der Waals surface area contributed by atoms with Gasteiger partial charge in [0.15, 0.2) is 0 Å². The van der Waals surface area contributed by atoms with Crippen molar-refractivity contribution in [2.75, 3.05) is 13.1 Å². The second kappa shape index (κ2) is 6.59. The molecule has 0 saturated heterocycles. The van der Waals surface area contributed by atoms with Gasteiger partial charge < -0.3 is 9.64 Å². The summed E-state index contributed by atoms with van der Waals surface area (Å²) in [4.78, 5) is 1.70. The van der Waals surface area contributed by atoms with Crippen molar-refractivity contribution >= 4 is 10.8 Å². The predicted octanol–water partition coefficient (Wildman–Crippen LogP) is 3.07. The van der Waals surface area contributed by atoms with Crippen LogP contribution in [0, 0.1) is 0 Å². The third-order valence-corrected chi connectivity index (χ3v) is 4.51. The maximum absolute atomic E-state index is 5.76. The highest BCUT2D eigenvalue weighted by Gasteiger charge is 2.21. The lowest BCUT2D eigenvalue weighted by Crippen LogP contribution is -3.10. The van der Waals surface area contributed by atoms with Gasteiger partial charge in [-0.3, -0.25) is 0 Å². The number of hydrogen-bond donors (Lipinski definition) is 1. The van der Waals surface area contributed by atoms with E-state index in [-0.39, 0.29) is 0 Å². The lowest BCUT2D eigenvalue weighted by Gasteiger charge is -2.20. The van der Waals surface area contributed by atoms with Gasteiger partial charge in [0.1, 0.15) is 6.54 Å². The van der Waals surface area contributed by atoms with E-state index < -0.39 is 0 Å². The normalized spacial score (nSPS) is 14.0. The van der Waals surface area contributed by atoms with Crippen molar-refractivity contribution in [1.82, 2.24) is 0 Å². The van der Waals surface area contributed by atoms with Gasteiger partial charge in [-0.05, 0) is 40.8 Å². The predicted molar refractivity (Wildman–Crippen MR) is 87.4 cm³/mol. The van der Waals surface area contributed by atoms with Crippen LogP contribution in [-0.4, -0.2) is 13.1 Å². The van der Waals surface area contributed by atoms with Crippen molar-refractivity contribution in [2.24, 2.45) is 0 Å². The molecule has 1 heterocycles. The van der Waals surface area contributed by atoms with E-state index in [0.29, 0.717) is 0 Å². The molecule has 2 aromatic carbocycles. The Morgan fingerprint density at radius 2 is 1.71 bits per heavy atom. The molecule has 1 N–H and O–H groups in total. The number of hydrogen-bond acceptors (Lipinski definition) is 1. The van der Waals surface area contributed by atoms with Gasteiger partial charge in [0, 0.05) is 5.56 Å². The third kappa shape index (κ3) is 2.97. The number of quaternary nitrogens is 1. The maximum atomic E-state index is 5.76. The summed E-state index contributed by atoms with van der Waals surface area (Å²) in [6.45, 7) is 9.79. The molecule has 2 heteroatoms. The Hall–Kier alpha value is -1.38. The average Bonchev–Trinajstić information content (AvgIpc) is 2.98. The van der Waals surface area contributed by atoms with Crippen LogP contribution in [-0.2, 0) is 24.5 Å². The van der Waals surface area contributed by atoms with Crippen LogP contribution < -0.4 is 4.90 Å². The van der Waals surface area contributed by atoms with Crippen LogP contribution in [0.15, 0.2) is 30.3 Å². The summed E-state index contributed by atoms with van der Waals surface area (Å²) in [5.74, 6) is 0. The Morgan fingerprint density at radius 3 is 2.48 bits per heavy atom. The standard InChI is InChI=1S/C19H25NO/c1-3-9-20(10-4-2)12-16-11-15-7-5-6-8-17(15)19-14-21-13-18(16)19/h5-8,11H,3-4,9-10,12-14H2,1-2H3/p+1. The Labute approximate surface area is 127 Å². The number of nitrogens with one attached hydrogen (secondary N) is 1. The first-order chi connectivity index (χ1) is 10.3. The van der Waals surface area contributed by atoms with Gasteiger partial charge in [0.2, 0.25) is 0 Å². The topological polar surface area (TPSA) is 13.7 Å². The van der Waals surface area contributed by atoms with Crippen LogP contribution in [0.4, 0.5) is 0 Å². The number of rotatable bonds is 6. The van der Waals surface area contributed by atoms with E-state index in [9.17, 15) is 0 Å². The molecule has 2 nitrogen and oxygen atoms in total. The SMILES string of the molecule is CCC[NH+](CCC)Cc1cc2ccccc2c2c1COC2. The van der Waals surface area contributed by atoms with Crippen LogP contribution in [0.25, 0.3) is 10.8 Å². The zero-order valence-corrected chi connectivity index (χ0v) is 13.2. The Bertz CT molecular complexity index is 614. The highest BCUT2D eigenvalue weighted by atomic mass is 16.5. The van der Waals surface area contributed by atoms with E-state index in [1.54, 1.807) is 4.90 Å². The molecule has 112 valence electrons. The second-order valence-corrected chi connectivity index (χ2v) is 6.13. The van der Waals surface area contributed by atoms with Gasteiger partial charge in [-0.15, -0.1) is 0 Å². The zero-order valence-electron chi connectivity index (χ0n) is 13.2. The van der Waals surface area contributed by atoms with Crippen LogP contribution in [0.1, 0.15) is 43.4 Å². The maximum Gasteiger partial charge on any atom is 0.103 e. The van der Waals surface area contributed by atoms with Crippen molar-refractivity contribution in [2.45, 2.75) is 46.4 Å². The molecular weight excluding hydrogens is 258 g/mol. The van der Waals surface area contributed by atoms with Crippen LogP contribution >= 0.6 is 0 Å². The largest absolute Gasteiger partial charge is 0.372 e. The Morgan fingerprint density at radius 1 is 1.00 bits per heavy atom. The van der Waals surface area contributed by atoms with E-state index in [0.717, 1.165) is 19.8 Å². The molecule has 1 aliphatic heterocycles. The summed E-state index contributed by atoms with van der Waals surface area (Å²) < 4.78 is 5.76. The van der Waals surface area contributed by atoms with E-state index in [4.69, 9.17) is 4.74 Å². The summed E-state index contributed by atoms with van der Waals surface area (Å²) >= 11 is 0. The highest BCUT2D eigenvalue weighted by Crippen LogP contribution is 2.31. The summed E-state index contributed by atoms with van der Waals surface area (Å²) in [5, 5.41) is 2.74. The van der Waals surface area contributed by atoms with E-state index in [2.05, 4.69) is 44.2 Å². The molecule has 3 rings (SSSR count). The molecule has 2 aromatic rings. The third-order valence-electron chi connectivity index (χ3n) is 4.51. The molecule has 0 aliphatic carbocycles. The molecule has 0 spiro atoms. The van der Waals surface area contributed by atoms with Gasteiger partial charge in [0.25, 0.3) is 0 Å². The molecule has 21 heavy (non-hydrogen) atoms. The Kier molecular flexibility index (Phi) is 4.57. The first-order valence-electron chi connectivity index (χ1n) is 8.27. The van der Waals surface area contributed by atoms with Crippen molar-refractivity contribution in [3.8, 4) is 0 Å². The lowest BCUT2D eigenvalue weighted by molar-refractivity contribution is -0.914. The van der Waals surface area contributed by atoms with Crippen molar-refractivity contribution in [3.05, 3.63) is 47.0 Å². The fourth-order valence-corrected chi connectivity index (χ4v) is 3.56. The summed E-state index contributed by atoms with van der Waals surface area (Å²) in [6.07, 6.45) is 2.50. The molecule has 0 saturated carbocycles. The first kappa shape index (κ1) is 14.6. The van der Waals surface area contributed by atoms with Crippen molar-refractivity contribution in [3.63, 3.8) is 0 Å². The van der Waals surface area contributed by atoms with Gasteiger partial charge in [-0.2, -0.15) is 0 Å². The summed E-state index contributed by atoms with van der Waals surface area (Å²) in [7, 11) is 0. The lowest BCUT2D eigenvalue weighted by atomic mass is 9.95. The number of ether oxygens (including phenoxy) is 1. The van der Waals surface area contributed by atoms with Crippen molar-refractivity contribution < 1.29 is 9.64 Å². The van der Waals surface area contributed by atoms with E-state index in [1.807, 2.05) is 0 Å². The average molecular weight is 284 g/mol. The second-order valence-electron chi connectivity index (χ2n) is 6.13. The monoisotopic (exact) mass is 284 g/mol. The fraction of sp³-hybridized carbons (Fsp3) is 0.474. The molecule has 0 fully saturated rings. The van der Waals surface area contributed by atoms with E-state index in [1.165, 1.54) is 53.4 Å². The molecule has 0 aromatic heterocycles. The minimum Gasteiger partial charge on any atom is -0.372 e. The first-order valence-corrected chi connectivity index (χ1v) is 8.27. The minimum absolute atomic E-state index is 0.778. The Balaban J connectivity index is 1.98. The summed E-state index contributed by atoms with van der Waals surface area (Å²) in [6, 6.07) is 11.1. The molecular formula is C19H26NO+. The van der Waals surface area contributed by atoms with Gasteiger partial charge >= 0.3 is 0 Å². The fourth-order valence-electron chi connectivity index (χ4n) is 3.56. The van der Waals surface area contributed by atoms with Crippen LogP contribution in [0.3, 0.4) is 0 Å². The van der Waals surface area contributed by atoms with Gasteiger partial charge in [-0.1, -0.05) is 38.1 Å². The van der Waals surface area contributed by atoms with Crippen LogP contribution in [0.2, 0.25) is 0 Å². The quantitative estimate of drug-likeness (QED) is 0.860.